The molecule has 2 atom stereocenters. The fraction of sp³-hybridized carbons (Fsp3) is 0.938. The molecule has 112 valence electrons. The summed E-state index contributed by atoms with van der Waals surface area (Å²) in [4.78, 5) is 11.1. The summed E-state index contributed by atoms with van der Waals surface area (Å²) in [5.74, 6) is 0. The third kappa shape index (κ3) is 6.84. The predicted octanol–water partition coefficient (Wildman–Crippen LogP) is 5.22. The van der Waals surface area contributed by atoms with Gasteiger partial charge in [-0.3, -0.25) is 0 Å². The predicted molar refractivity (Wildman–Crippen MR) is 77.3 cm³/mol. The van der Waals surface area contributed by atoms with Crippen LogP contribution in [-0.4, -0.2) is 18.4 Å². The zero-order chi connectivity index (χ0) is 13.9. The van der Waals surface area contributed by atoms with Gasteiger partial charge >= 0.3 is 6.16 Å². The molecule has 0 bridgehead atoms. The number of unbranched alkanes of at least 4 members (excludes halogenated alkanes) is 7. The maximum atomic E-state index is 11.1. The fourth-order valence-electron chi connectivity index (χ4n) is 2.68. The highest BCUT2D eigenvalue weighted by molar-refractivity contribution is 5.62. The molecule has 0 aromatic heterocycles. The SMILES string of the molecule is CCCCCCCCCCC1OC(=O)OC1CCC. The summed E-state index contributed by atoms with van der Waals surface area (Å²) in [5.41, 5.74) is 0. The largest absolute Gasteiger partial charge is 0.509 e. The molecule has 0 spiro atoms. The van der Waals surface area contributed by atoms with Crippen LogP contribution in [0.3, 0.4) is 0 Å². The molecule has 0 amide bonds. The minimum atomic E-state index is -0.469. The van der Waals surface area contributed by atoms with E-state index in [0.29, 0.717) is 0 Å². The second-order valence-corrected chi connectivity index (χ2v) is 5.61. The number of carbonyl (C=O) groups excluding carboxylic acids is 1. The Bertz CT molecular complexity index is 240. The molecular formula is C16H30O3. The molecule has 3 heteroatoms. The number of hydrogen-bond acceptors (Lipinski definition) is 3. The van der Waals surface area contributed by atoms with E-state index in [4.69, 9.17) is 9.47 Å². The van der Waals surface area contributed by atoms with Crippen LogP contribution in [0.25, 0.3) is 0 Å². The second kappa shape index (κ2) is 10.1. The van der Waals surface area contributed by atoms with Gasteiger partial charge in [0.05, 0.1) is 0 Å². The molecule has 1 aliphatic heterocycles. The topological polar surface area (TPSA) is 35.5 Å². The van der Waals surface area contributed by atoms with Crippen LogP contribution in [0.15, 0.2) is 0 Å². The molecule has 1 aliphatic rings. The first kappa shape index (κ1) is 16.3. The van der Waals surface area contributed by atoms with Crippen LogP contribution in [0.4, 0.5) is 4.79 Å². The van der Waals surface area contributed by atoms with Crippen molar-refractivity contribution in [2.24, 2.45) is 0 Å². The molecule has 0 aromatic rings. The molecular weight excluding hydrogens is 240 g/mol. The molecule has 0 aliphatic carbocycles. The zero-order valence-electron chi connectivity index (χ0n) is 12.7. The average molecular weight is 270 g/mol. The van der Waals surface area contributed by atoms with E-state index in [2.05, 4.69) is 13.8 Å². The van der Waals surface area contributed by atoms with E-state index in [1.165, 1.54) is 44.9 Å². The Morgan fingerprint density at radius 2 is 1.26 bits per heavy atom. The van der Waals surface area contributed by atoms with Crippen molar-refractivity contribution < 1.29 is 14.3 Å². The van der Waals surface area contributed by atoms with Crippen molar-refractivity contribution in [3.8, 4) is 0 Å². The Kier molecular flexibility index (Phi) is 8.68. The Morgan fingerprint density at radius 3 is 1.84 bits per heavy atom. The van der Waals surface area contributed by atoms with Crippen molar-refractivity contribution >= 4 is 6.16 Å². The lowest BCUT2D eigenvalue weighted by Gasteiger charge is -2.14. The van der Waals surface area contributed by atoms with Crippen molar-refractivity contribution in [3.63, 3.8) is 0 Å². The van der Waals surface area contributed by atoms with E-state index in [1.807, 2.05) is 0 Å². The van der Waals surface area contributed by atoms with Gasteiger partial charge in [-0.25, -0.2) is 4.79 Å². The van der Waals surface area contributed by atoms with Crippen LogP contribution in [0.1, 0.15) is 84.5 Å². The molecule has 0 aromatic carbocycles. The third-order valence-electron chi connectivity index (χ3n) is 3.83. The third-order valence-corrected chi connectivity index (χ3v) is 3.83. The van der Waals surface area contributed by atoms with Crippen LogP contribution >= 0.6 is 0 Å². The van der Waals surface area contributed by atoms with Gasteiger partial charge in [-0.1, -0.05) is 65.2 Å². The number of cyclic esters (lactones) is 2. The van der Waals surface area contributed by atoms with Crippen LogP contribution in [0.2, 0.25) is 0 Å². The van der Waals surface area contributed by atoms with Gasteiger partial charge in [0.2, 0.25) is 0 Å². The molecule has 19 heavy (non-hydrogen) atoms. The van der Waals surface area contributed by atoms with Crippen molar-refractivity contribution in [2.75, 3.05) is 0 Å². The van der Waals surface area contributed by atoms with Crippen molar-refractivity contribution in [2.45, 2.75) is 96.7 Å². The lowest BCUT2D eigenvalue weighted by atomic mass is 10.0. The van der Waals surface area contributed by atoms with Gasteiger partial charge in [-0.2, -0.15) is 0 Å². The molecule has 0 radical (unpaired) electrons. The van der Waals surface area contributed by atoms with Crippen molar-refractivity contribution in [1.82, 2.24) is 0 Å². The molecule has 1 fully saturated rings. The van der Waals surface area contributed by atoms with E-state index in [1.54, 1.807) is 0 Å². The maximum Gasteiger partial charge on any atom is 0.509 e. The minimum Gasteiger partial charge on any atom is -0.427 e. The van der Waals surface area contributed by atoms with Gasteiger partial charge in [0.1, 0.15) is 12.2 Å². The van der Waals surface area contributed by atoms with Gasteiger partial charge in [0, 0.05) is 0 Å². The van der Waals surface area contributed by atoms with Crippen LogP contribution in [0, 0.1) is 0 Å². The summed E-state index contributed by atoms with van der Waals surface area (Å²) in [7, 11) is 0. The molecule has 1 rings (SSSR count). The molecule has 3 nitrogen and oxygen atoms in total. The maximum absolute atomic E-state index is 11.1. The van der Waals surface area contributed by atoms with Gasteiger partial charge in [0.15, 0.2) is 0 Å². The summed E-state index contributed by atoms with van der Waals surface area (Å²) in [6, 6.07) is 0. The van der Waals surface area contributed by atoms with Crippen LogP contribution in [0.5, 0.6) is 0 Å². The van der Waals surface area contributed by atoms with Crippen LogP contribution < -0.4 is 0 Å². The molecule has 1 saturated heterocycles. The van der Waals surface area contributed by atoms with E-state index >= 15 is 0 Å². The molecule has 1 heterocycles. The first-order valence-corrected chi connectivity index (χ1v) is 8.15. The number of hydrogen-bond donors (Lipinski definition) is 0. The number of rotatable bonds is 11. The van der Waals surface area contributed by atoms with Crippen molar-refractivity contribution in [3.05, 3.63) is 0 Å². The Morgan fingerprint density at radius 1 is 0.737 bits per heavy atom. The summed E-state index contributed by atoms with van der Waals surface area (Å²) < 4.78 is 10.4. The quantitative estimate of drug-likeness (QED) is 0.381. The number of ether oxygens (including phenoxy) is 2. The molecule has 2 unspecified atom stereocenters. The second-order valence-electron chi connectivity index (χ2n) is 5.61. The van der Waals surface area contributed by atoms with Gasteiger partial charge in [0.25, 0.3) is 0 Å². The molecule has 0 saturated carbocycles. The normalized spacial score (nSPS) is 22.3. The average Bonchev–Trinajstić information content (AvgIpc) is 2.73. The highest BCUT2D eigenvalue weighted by Gasteiger charge is 2.35. The summed E-state index contributed by atoms with van der Waals surface area (Å²) in [5, 5.41) is 0. The highest BCUT2D eigenvalue weighted by atomic mass is 16.8. The van der Waals surface area contributed by atoms with Crippen molar-refractivity contribution in [1.29, 1.82) is 0 Å². The lowest BCUT2D eigenvalue weighted by molar-refractivity contribution is 0.114. The van der Waals surface area contributed by atoms with E-state index in [-0.39, 0.29) is 12.2 Å². The Hall–Kier alpha value is -0.730. The van der Waals surface area contributed by atoms with E-state index in [9.17, 15) is 4.79 Å². The first-order chi connectivity index (χ1) is 9.27. The Balaban J connectivity index is 2.00. The fourth-order valence-corrected chi connectivity index (χ4v) is 2.68. The van der Waals surface area contributed by atoms with E-state index < -0.39 is 6.16 Å². The van der Waals surface area contributed by atoms with Gasteiger partial charge in [-0.15, -0.1) is 0 Å². The lowest BCUT2D eigenvalue weighted by Crippen LogP contribution is -2.22. The number of carbonyl (C=O) groups is 1. The zero-order valence-corrected chi connectivity index (χ0v) is 12.7. The standard InChI is InChI=1S/C16H30O3/c1-3-5-6-7-8-9-10-11-13-15-14(12-4-2)18-16(17)19-15/h14-15H,3-13H2,1-2H3. The Labute approximate surface area is 118 Å². The van der Waals surface area contributed by atoms with Crippen LogP contribution in [-0.2, 0) is 9.47 Å². The summed E-state index contributed by atoms with van der Waals surface area (Å²) in [6.45, 7) is 4.36. The summed E-state index contributed by atoms with van der Waals surface area (Å²) >= 11 is 0. The smallest absolute Gasteiger partial charge is 0.427 e. The first-order valence-electron chi connectivity index (χ1n) is 8.15. The minimum absolute atomic E-state index is 0.00190. The van der Waals surface area contributed by atoms with E-state index in [0.717, 1.165) is 25.7 Å². The summed E-state index contributed by atoms with van der Waals surface area (Å²) in [6.07, 6.45) is 12.9. The molecule has 0 N–H and O–H groups in total. The highest BCUT2D eigenvalue weighted by Crippen LogP contribution is 2.24. The van der Waals surface area contributed by atoms with Gasteiger partial charge < -0.3 is 9.47 Å². The monoisotopic (exact) mass is 270 g/mol. The van der Waals surface area contributed by atoms with Gasteiger partial charge in [-0.05, 0) is 19.3 Å².